The molecule has 104 valence electrons. The molecule has 2 saturated heterocycles. The van der Waals surface area contributed by atoms with Gasteiger partial charge in [0.1, 0.15) is 0 Å². The summed E-state index contributed by atoms with van der Waals surface area (Å²) < 4.78 is 30.6. The van der Waals surface area contributed by atoms with Gasteiger partial charge in [0.05, 0.1) is 25.4 Å². The third kappa shape index (κ3) is 2.52. The van der Waals surface area contributed by atoms with Crippen molar-refractivity contribution in [1.29, 1.82) is 0 Å². The summed E-state index contributed by atoms with van der Waals surface area (Å²) in [6, 6.07) is 2.01. The van der Waals surface area contributed by atoms with Gasteiger partial charge in [-0.25, -0.2) is 18.7 Å². The van der Waals surface area contributed by atoms with Crippen LogP contribution in [0.15, 0.2) is 12.3 Å². The second-order valence-corrected chi connectivity index (χ2v) is 5.10. The summed E-state index contributed by atoms with van der Waals surface area (Å²) in [7, 11) is 1.62. The highest BCUT2D eigenvalue weighted by atomic mass is 19.3. The number of alkyl halides is 2. The number of aromatic nitrogens is 2. The zero-order valence-electron chi connectivity index (χ0n) is 10.7. The molecule has 1 aromatic heterocycles. The molecular weight excluding hydrogens is 254 g/mol. The maximum atomic E-state index is 12.8. The monoisotopic (exact) mass is 270 g/mol. The quantitative estimate of drug-likeness (QED) is 0.808. The lowest BCUT2D eigenvalue weighted by molar-refractivity contribution is -0.148. The van der Waals surface area contributed by atoms with Crippen molar-refractivity contribution in [2.24, 2.45) is 0 Å². The summed E-state index contributed by atoms with van der Waals surface area (Å²) in [5.74, 6) is -1.84. The Labute approximate surface area is 110 Å². The maximum Gasteiger partial charge on any atom is 0.272 e. The number of rotatable bonds is 4. The Bertz CT molecular complexity index is 457. The summed E-state index contributed by atoms with van der Waals surface area (Å²) in [5.41, 5.74) is 0.825. The van der Waals surface area contributed by atoms with E-state index in [4.69, 9.17) is 4.74 Å². The third-order valence-corrected chi connectivity index (χ3v) is 3.52. The van der Waals surface area contributed by atoms with Crippen molar-refractivity contribution in [3.05, 3.63) is 18.0 Å². The van der Waals surface area contributed by atoms with E-state index in [-0.39, 0.29) is 19.1 Å². The fourth-order valence-corrected chi connectivity index (χ4v) is 2.42. The number of likely N-dealkylation sites (tertiary alicyclic amines) is 1. The largest absolute Gasteiger partial charge is 0.378 e. The third-order valence-electron chi connectivity index (χ3n) is 3.52. The van der Waals surface area contributed by atoms with E-state index in [2.05, 4.69) is 9.97 Å². The maximum absolute atomic E-state index is 12.8. The molecule has 0 N–H and O–H groups in total. The topological polar surface area (TPSA) is 41.5 Å². The predicted molar refractivity (Wildman–Crippen MR) is 65.3 cm³/mol. The predicted octanol–water partition coefficient (Wildman–Crippen LogP) is 0.762. The molecule has 0 radical (unpaired) electrons. The number of halogens is 2. The normalized spacial score (nSPS) is 23.0. The molecule has 0 saturated carbocycles. The van der Waals surface area contributed by atoms with Crippen LogP contribution in [0.25, 0.3) is 0 Å². The van der Waals surface area contributed by atoms with Gasteiger partial charge in [0.25, 0.3) is 5.92 Å². The summed E-state index contributed by atoms with van der Waals surface area (Å²) >= 11 is 0. The summed E-state index contributed by atoms with van der Waals surface area (Å²) in [6.07, 6.45) is 1.70. The highest BCUT2D eigenvalue weighted by Gasteiger charge is 2.49. The van der Waals surface area contributed by atoms with Crippen molar-refractivity contribution in [2.45, 2.75) is 18.6 Å². The number of hydrogen-bond acceptors (Lipinski definition) is 5. The second kappa shape index (κ2) is 4.64. The molecular formula is C12H16F2N4O. The molecule has 2 aliphatic rings. The Morgan fingerprint density at radius 1 is 1.42 bits per heavy atom. The zero-order valence-corrected chi connectivity index (χ0v) is 10.7. The van der Waals surface area contributed by atoms with Crippen molar-refractivity contribution in [3.8, 4) is 0 Å². The van der Waals surface area contributed by atoms with E-state index in [1.54, 1.807) is 19.4 Å². The van der Waals surface area contributed by atoms with Gasteiger partial charge in [0, 0.05) is 32.4 Å². The average Bonchev–Trinajstić information content (AvgIpc) is 2.25. The SMILES string of the molecule is COCc1ccnc(N2CC(N3CC(F)(F)C3)C2)n1. The molecule has 1 aromatic rings. The molecule has 0 atom stereocenters. The van der Waals surface area contributed by atoms with Crippen LogP contribution in [0.3, 0.4) is 0 Å². The number of methoxy groups -OCH3 is 1. The van der Waals surface area contributed by atoms with E-state index in [1.807, 2.05) is 9.80 Å². The van der Waals surface area contributed by atoms with Crippen LogP contribution < -0.4 is 4.90 Å². The zero-order chi connectivity index (χ0) is 13.5. The molecule has 7 heteroatoms. The molecule has 5 nitrogen and oxygen atoms in total. The lowest BCUT2D eigenvalue weighted by atomic mass is 10.0. The highest BCUT2D eigenvalue weighted by molar-refractivity contribution is 5.36. The van der Waals surface area contributed by atoms with Gasteiger partial charge >= 0.3 is 0 Å². The van der Waals surface area contributed by atoms with Crippen LogP contribution in [0.4, 0.5) is 14.7 Å². The smallest absolute Gasteiger partial charge is 0.272 e. The molecule has 0 spiro atoms. The molecule has 0 bridgehead atoms. The van der Waals surface area contributed by atoms with Gasteiger partial charge in [0.15, 0.2) is 0 Å². The number of hydrogen-bond donors (Lipinski definition) is 0. The molecule has 3 heterocycles. The lowest BCUT2D eigenvalue weighted by Crippen LogP contribution is -2.69. The molecule has 0 amide bonds. The minimum atomic E-state index is -2.49. The minimum Gasteiger partial charge on any atom is -0.378 e. The Morgan fingerprint density at radius 3 is 2.79 bits per heavy atom. The van der Waals surface area contributed by atoms with E-state index >= 15 is 0 Å². The Morgan fingerprint density at radius 2 is 2.16 bits per heavy atom. The van der Waals surface area contributed by atoms with E-state index in [0.717, 1.165) is 5.69 Å². The van der Waals surface area contributed by atoms with Gasteiger partial charge in [-0.15, -0.1) is 0 Å². The number of nitrogens with zero attached hydrogens (tertiary/aromatic N) is 4. The molecule has 0 aliphatic carbocycles. The number of anilines is 1. The fourth-order valence-electron chi connectivity index (χ4n) is 2.42. The highest BCUT2D eigenvalue weighted by Crippen LogP contribution is 2.32. The van der Waals surface area contributed by atoms with Gasteiger partial charge in [-0.05, 0) is 6.07 Å². The number of ether oxygens (including phenoxy) is 1. The van der Waals surface area contributed by atoms with Crippen molar-refractivity contribution in [3.63, 3.8) is 0 Å². The van der Waals surface area contributed by atoms with Crippen molar-refractivity contribution in [2.75, 3.05) is 38.2 Å². The minimum absolute atomic E-state index is 0.115. The van der Waals surface area contributed by atoms with Gasteiger partial charge in [-0.1, -0.05) is 0 Å². The summed E-state index contributed by atoms with van der Waals surface area (Å²) in [6.45, 7) is 1.65. The average molecular weight is 270 g/mol. The van der Waals surface area contributed by atoms with Crippen LogP contribution in [-0.2, 0) is 11.3 Å². The van der Waals surface area contributed by atoms with E-state index < -0.39 is 5.92 Å². The van der Waals surface area contributed by atoms with E-state index in [1.165, 1.54) is 0 Å². The second-order valence-electron chi connectivity index (χ2n) is 5.10. The Kier molecular flexibility index (Phi) is 3.10. The standard InChI is InChI=1S/C12H16F2N4O/c1-19-6-9-2-3-15-11(16-9)17-4-10(5-17)18-7-12(13,14)8-18/h2-3,10H,4-8H2,1H3. The Balaban J connectivity index is 1.54. The molecule has 0 unspecified atom stereocenters. The van der Waals surface area contributed by atoms with Crippen LogP contribution in [0.1, 0.15) is 5.69 Å². The molecule has 3 rings (SSSR count). The first-order valence-electron chi connectivity index (χ1n) is 6.25. The van der Waals surface area contributed by atoms with Gasteiger partial charge in [-0.3, -0.25) is 4.90 Å². The molecule has 0 aromatic carbocycles. The molecule has 2 fully saturated rings. The summed E-state index contributed by atoms with van der Waals surface area (Å²) in [5, 5.41) is 0. The fraction of sp³-hybridized carbons (Fsp3) is 0.667. The lowest BCUT2D eigenvalue weighted by Gasteiger charge is -2.51. The van der Waals surface area contributed by atoms with Gasteiger partial charge in [0.2, 0.25) is 5.95 Å². The summed E-state index contributed by atoms with van der Waals surface area (Å²) in [4.78, 5) is 12.4. The van der Waals surface area contributed by atoms with E-state index in [0.29, 0.717) is 25.6 Å². The van der Waals surface area contributed by atoms with E-state index in [9.17, 15) is 8.78 Å². The van der Waals surface area contributed by atoms with Crippen LogP contribution in [0.5, 0.6) is 0 Å². The molecule has 19 heavy (non-hydrogen) atoms. The van der Waals surface area contributed by atoms with Crippen molar-refractivity contribution >= 4 is 5.95 Å². The van der Waals surface area contributed by atoms with Crippen LogP contribution in [0.2, 0.25) is 0 Å². The van der Waals surface area contributed by atoms with Crippen molar-refractivity contribution in [1.82, 2.24) is 14.9 Å². The van der Waals surface area contributed by atoms with Crippen molar-refractivity contribution < 1.29 is 13.5 Å². The van der Waals surface area contributed by atoms with Crippen LogP contribution in [-0.4, -0.2) is 60.1 Å². The van der Waals surface area contributed by atoms with Crippen LogP contribution in [0, 0.1) is 0 Å². The first-order chi connectivity index (χ1) is 9.07. The van der Waals surface area contributed by atoms with Gasteiger partial charge in [-0.2, -0.15) is 0 Å². The van der Waals surface area contributed by atoms with Crippen LogP contribution >= 0.6 is 0 Å². The van der Waals surface area contributed by atoms with Gasteiger partial charge < -0.3 is 9.64 Å². The first-order valence-corrected chi connectivity index (χ1v) is 6.25. The Hall–Kier alpha value is -1.34. The first kappa shape index (κ1) is 12.7. The molecule has 2 aliphatic heterocycles.